The van der Waals surface area contributed by atoms with Crippen LogP contribution in [0.2, 0.25) is 0 Å². The molecule has 0 saturated heterocycles. The van der Waals surface area contributed by atoms with Gasteiger partial charge in [0.1, 0.15) is 0 Å². The summed E-state index contributed by atoms with van der Waals surface area (Å²) >= 11 is 5.05. The molecule has 1 amide bonds. The van der Waals surface area contributed by atoms with E-state index in [0.29, 0.717) is 0 Å². The van der Waals surface area contributed by atoms with Crippen LogP contribution in [-0.4, -0.2) is 24.1 Å². The van der Waals surface area contributed by atoms with E-state index in [2.05, 4.69) is 15.4 Å². The summed E-state index contributed by atoms with van der Waals surface area (Å²) in [5.41, 5.74) is 3.03. The molecule has 0 atom stereocenters. The zero-order valence-electron chi connectivity index (χ0n) is 11.8. The van der Waals surface area contributed by atoms with E-state index in [1.54, 1.807) is 0 Å². The highest BCUT2D eigenvalue weighted by atomic mass is 32.1. The number of rotatable bonds is 4. The number of methoxy groups -OCH3 is 1. The van der Waals surface area contributed by atoms with E-state index < -0.39 is 5.97 Å². The first-order chi connectivity index (χ1) is 9.40. The summed E-state index contributed by atoms with van der Waals surface area (Å²) in [5.74, 6) is -0.745. The van der Waals surface area contributed by atoms with Gasteiger partial charge < -0.3 is 15.4 Å². The third-order valence-corrected chi connectivity index (χ3v) is 2.72. The third kappa shape index (κ3) is 5.79. The van der Waals surface area contributed by atoms with Crippen molar-refractivity contribution in [2.45, 2.75) is 26.7 Å². The normalized spacial score (nSPS) is 9.75. The molecule has 0 bridgehead atoms. The first kappa shape index (κ1) is 16.1. The molecule has 0 fully saturated rings. The molecule has 20 heavy (non-hydrogen) atoms. The molecule has 1 aromatic rings. The monoisotopic (exact) mass is 294 g/mol. The van der Waals surface area contributed by atoms with Gasteiger partial charge in [-0.15, -0.1) is 0 Å². The lowest BCUT2D eigenvalue weighted by Crippen LogP contribution is -2.34. The number of carbonyl (C=O) groups is 2. The minimum atomic E-state index is -0.423. The van der Waals surface area contributed by atoms with Crippen molar-refractivity contribution in [3.63, 3.8) is 0 Å². The first-order valence-electron chi connectivity index (χ1n) is 6.16. The van der Waals surface area contributed by atoms with Gasteiger partial charge in [0, 0.05) is 12.1 Å². The zero-order valence-corrected chi connectivity index (χ0v) is 12.6. The molecule has 0 aliphatic rings. The molecule has 1 aromatic carbocycles. The van der Waals surface area contributed by atoms with E-state index in [-0.39, 0.29) is 23.9 Å². The second kappa shape index (κ2) is 7.59. The molecule has 0 unspecified atom stereocenters. The van der Waals surface area contributed by atoms with Crippen LogP contribution in [0, 0.1) is 13.8 Å². The van der Waals surface area contributed by atoms with Gasteiger partial charge in [0.05, 0.1) is 13.5 Å². The maximum atomic E-state index is 11.6. The number of ether oxygens (including phenoxy) is 1. The molecule has 0 aliphatic carbocycles. The van der Waals surface area contributed by atoms with E-state index in [9.17, 15) is 9.59 Å². The minimum Gasteiger partial charge on any atom is -0.469 e. The van der Waals surface area contributed by atoms with E-state index in [0.717, 1.165) is 16.8 Å². The van der Waals surface area contributed by atoms with Gasteiger partial charge in [-0.2, -0.15) is 0 Å². The Balaban J connectivity index is 2.47. The van der Waals surface area contributed by atoms with Crippen molar-refractivity contribution in [2.24, 2.45) is 0 Å². The van der Waals surface area contributed by atoms with Crippen LogP contribution in [0.25, 0.3) is 0 Å². The van der Waals surface area contributed by atoms with E-state index in [1.807, 2.05) is 32.0 Å². The second-order valence-electron chi connectivity index (χ2n) is 4.45. The molecule has 1 rings (SSSR count). The molecule has 2 N–H and O–H groups in total. The highest BCUT2D eigenvalue weighted by Gasteiger charge is 2.08. The van der Waals surface area contributed by atoms with Gasteiger partial charge in [-0.1, -0.05) is 6.07 Å². The lowest BCUT2D eigenvalue weighted by atomic mass is 10.1. The van der Waals surface area contributed by atoms with Gasteiger partial charge in [-0.25, -0.2) is 0 Å². The van der Waals surface area contributed by atoms with Crippen LogP contribution >= 0.6 is 12.2 Å². The van der Waals surface area contributed by atoms with Crippen LogP contribution < -0.4 is 10.6 Å². The Morgan fingerprint density at radius 2 is 1.75 bits per heavy atom. The van der Waals surface area contributed by atoms with Gasteiger partial charge >= 0.3 is 5.97 Å². The van der Waals surface area contributed by atoms with E-state index in [1.165, 1.54) is 7.11 Å². The van der Waals surface area contributed by atoms with Crippen LogP contribution in [0.3, 0.4) is 0 Å². The minimum absolute atomic E-state index is 0.0362. The summed E-state index contributed by atoms with van der Waals surface area (Å²) in [7, 11) is 1.28. The van der Waals surface area contributed by atoms with Crippen LogP contribution in [0.1, 0.15) is 24.0 Å². The Morgan fingerprint density at radius 3 is 2.30 bits per heavy atom. The van der Waals surface area contributed by atoms with Crippen molar-refractivity contribution in [1.82, 2.24) is 5.32 Å². The van der Waals surface area contributed by atoms with Gasteiger partial charge in [0.25, 0.3) is 0 Å². The Hall–Kier alpha value is -1.95. The van der Waals surface area contributed by atoms with E-state index in [4.69, 9.17) is 12.2 Å². The summed E-state index contributed by atoms with van der Waals surface area (Å²) in [6.45, 7) is 3.96. The molecular formula is C14H18N2O3S. The van der Waals surface area contributed by atoms with Crippen molar-refractivity contribution < 1.29 is 14.3 Å². The van der Waals surface area contributed by atoms with Crippen molar-refractivity contribution in [3.05, 3.63) is 29.3 Å². The number of amides is 1. The molecule has 0 heterocycles. The fourth-order valence-electron chi connectivity index (χ4n) is 1.72. The van der Waals surface area contributed by atoms with Gasteiger partial charge in [0.2, 0.25) is 5.91 Å². The Labute approximate surface area is 123 Å². The van der Waals surface area contributed by atoms with E-state index >= 15 is 0 Å². The van der Waals surface area contributed by atoms with Crippen LogP contribution in [-0.2, 0) is 14.3 Å². The van der Waals surface area contributed by atoms with Gasteiger partial charge in [-0.3, -0.25) is 9.59 Å². The summed E-state index contributed by atoms with van der Waals surface area (Å²) < 4.78 is 4.46. The summed E-state index contributed by atoms with van der Waals surface area (Å²) in [5, 5.41) is 5.67. The zero-order chi connectivity index (χ0) is 15.1. The van der Waals surface area contributed by atoms with Crippen molar-refractivity contribution in [3.8, 4) is 0 Å². The Kier molecular flexibility index (Phi) is 6.11. The molecule has 0 aromatic heterocycles. The molecule has 0 spiro atoms. The fourth-order valence-corrected chi connectivity index (χ4v) is 1.95. The fraction of sp³-hybridized carbons (Fsp3) is 0.357. The number of carbonyl (C=O) groups excluding carboxylic acids is 2. The number of anilines is 1. The number of hydrogen-bond donors (Lipinski definition) is 2. The Bertz CT molecular complexity index is 509. The number of aryl methyl sites for hydroxylation is 2. The SMILES string of the molecule is COC(=O)CCC(=O)NC(=S)Nc1cc(C)cc(C)c1. The number of benzene rings is 1. The van der Waals surface area contributed by atoms with Crippen molar-refractivity contribution in [2.75, 3.05) is 12.4 Å². The van der Waals surface area contributed by atoms with Crippen LogP contribution in [0.5, 0.6) is 0 Å². The topological polar surface area (TPSA) is 67.4 Å². The Morgan fingerprint density at radius 1 is 1.15 bits per heavy atom. The molecule has 5 nitrogen and oxygen atoms in total. The van der Waals surface area contributed by atoms with Crippen LogP contribution in [0.4, 0.5) is 5.69 Å². The maximum Gasteiger partial charge on any atom is 0.306 e. The molecule has 108 valence electrons. The maximum absolute atomic E-state index is 11.6. The number of esters is 1. The number of thiocarbonyl (C=S) groups is 1. The molecule has 0 radical (unpaired) electrons. The average Bonchev–Trinajstić information content (AvgIpc) is 2.34. The highest BCUT2D eigenvalue weighted by molar-refractivity contribution is 7.80. The first-order valence-corrected chi connectivity index (χ1v) is 6.57. The van der Waals surface area contributed by atoms with Crippen LogP contribution in [0.15, 0.2) is 18.2 Å². The smallest absolute Gasteiger partial charge is 0.306 e. The highest BCUT2D eigenvalue weighted by Crippen LogP contribution is 2.13. The predicted molar refractivity (Wildman–Crippen MR) is 81.5 cm³/mol. The molecular weight excluding hydrogens is 276 g/mol. The largest absolute Gasteiger partial charge is 0.469 e. The molecule has 6 heteroatoms. The lowest BCUT2D eigenvalue weighted by molar-refractivity contribution is -0.142. The average molecular weight is 294 g/mol. The van der Waals surface area contributed by atoms with Gasteiger partial charge in [-0.05, 0) is 49.3 Å². The van der Waals surface area contributed by atoms with Gasteiger partial charge in [0.15, 0.2) is 5.11 Å². The quantitative estimate of drug-likeness (QED) is 0.657. The summed E-state index contributed by atoms with van der Waals surface area (Å²) in [4.78, 5) is 22.5. The second-order valence-corrected chi connectivity index (χ2v) is 4.86. The standard InChI is InChI=1S/C14H18N2O3S/c1-9-6-10(2)8-11(7-9)15-14(20)16-12(17)4-5-13(18)19-3/h6-8H,4-5H2,1-3H3,(H2,15,16,17,20). The van der Waals surface area contributed by atoms with Crippen molar-refractivity contribution in [1.29, 1.82) is 0 Å². The number of nitrogens with one attached hydrogen (secondary N) is 2. The molecule has 0 aliphatic heterocycles. The molecule has 0 saturated carbocycles. The lowest BCUT2D eigenvalue weighted by Gasteiger charge is -2.10. The van der Waals surface area contributed by atoms with Crippen molar-refractivity contribution >= 4 is 34.9 Å². The summed E-state index contributed by atoms with van der Waals surface area (Å²) in [6.07, 6.45) is 0.0792. The summed E-state index contributed by atoms with van der Waals surface area (Å²) in [6, 6.07) is 5.91. The predicted octanol–water partition coefficient (Wildman–Crippen LogP) is 2.07. The number of hydrogen-bond acceptors (Lipinski definition) is 4. The third-order valence-electron chi connectivity index (χ3n) is 2.52.